The second kappa shape index (κ2) is 4.63. The topological polar surface area (TPSA) is 26.3 Å². The molecule has 0 saturated heterocycles. The molecule has 0 radical (unpaired) electrons. The van der Waals surface area contributed by atoms with E-state index in [1.165, 1.54) is 0 Å². The van der Waals surface area contributed by atoms with Gasteiger partial charge in [0.05, 0.1) is 5.41 Å². The molecule has 2 heteroatoms. The molecule has 0 aliphatic heterocycles. The molecule has 0 aromatic heterocycles. The zero-order chi connectivity index (χ0) is 11.4. The van der Waals surface area contributed by atoms with E-state index in [1.807, 2.05) is 53.7 Å². The fraction of sp³-hybridized carbons (Fsp3) is 0.750. The molecule has 0 aromatic rings. The van der Waals surface area contributed by atoms with Gasteiger partial charge in [-0.3, -0.25) is 4.79 Å². The third-order valence-corrected chi connectivity index (χ3v) is 2.36. The van der Waals surface area contributed by atoms with Crippen molar-refractivity contribution in [3.63, 3.8) is 0 Å². The number of allylic oxidation sites excluding steroid dienone is 1. The lowest BCUT2D eigenvalue weighted by Gasteiger charge is -2.28. The van der Waals surface area contributed by atoms with Crippen molar-refractivity contribution >= 4 is 5.97 Å². The molecule has 14 heavy (non-hydrogen) atoms. The summed E-state index contributed by atoms with van der Waals surface area (Å²) in [6.07, 6.45) is 4.57. The standard InChI is InChI=1S/C12H22O2/c1-7-9-12(5,6)14-10(13)11(3,4)8-2/h7,9H,8H2,1-6H3/b9-7+. The van der Waals surface area contributed by atoms with Crippen molar-refractivity contribution in [1.82, 2.24) is 0 Å². The number of rotatable bonds is 4. The minimum absolute atomic E-state index is 0.136. The van der Waals surface area contributed by atoms with Crippen LogP contribution in [0, 0.1) is 5.41 Å². The lowest BCUT2D eigenvalue weighted by atomic mass is 9.90. The van der Waals surface area contributed by atoms with E-state index in [2.05, 4.69) is 0 Å². The molecule has 82 valence electrons. The van der Waals surface area contributed by atoms with Gasteiger partial charge in [0.2, 0.25) is 0 Å². The summed E-state index contributed by atoms with van der Waals surface area (Å²) in [6, 6.07) is 0. The highest BCUT2D eigenvalue weighted by Crippen LogP contribution is 2.25. The number of esters is 1. The van der Waals surface area contributed by atoms with Crippen molar-refractivity contribution in [2.75, 3.05) is 0 Å². The normalized spacial score (nSPS) is 13.3. The average Bonchev–Trinajstić information content (AvgIpc) is 2.03. The van der Waals surface area contributed by atoms with Gasteiger partial charge in [0.25, 0.3) is 0 Å². The Morgan fingerprint density at radius 3 is 2.14 bits per heavy atom. The Hall–Kier alpha value is -0.790. The van der Waals surface area contributed by atoms with Crippen molar-refractivity contribution in [2.24, 2.45) is 5.41 Å². The molecule has 0 N–H and O–H groups in total. The highest BCUT2D eigenvalue weighted by molar-refractivity contribution is 5.76. The molecular weight excluding hydrogens is 176 g/mol. The van der Waals surface area contributed by atoms with E-state index in [4.69, 9.17) is 4.74 Å². The van der Waals surface area contributed by atoms with E-state index in [1.54, 1.807) is 0 Å². The Kier molecular flexibility index (Phi) is 4.37. The summed E-state index contributed by atoms with van der Waals surface area (Å²) in [5.41, 5.74) is -0.892. The molecular formula is C12H22O2. The van der Waals surface area contributed by atoms with Crippen LogP contribution in [0.5, 0.6) is 0 Å². The van der Waals surface area contributed by atoms with Crippen LogP contribution < -0.4 is 0 Å². The van der Waals surface area contributed by atoms with E-state index in [9.17, 15) is 4.79 Å². The number of hydrogen-bond acceptors (Lipinski definition) is 2. The first-order valence-electron chi connectivity index (χ1n) is 5.12. The average molecular weight is 198 g/mol. The molecule has 0 bridgehead atoms. The van der Waals surface area contributed by atoms with Crippen LogP contribution in [0.1, 0.15) is 48.0 Å². The van der Waals surface area contributed by atoms with E-state index in [0.29, 0.717) is 0 Å². The van der Waals surface area contributed by atoms with Crippen LogP contribution in [0.15, 0.2) is 12.2 Å². The van der Waals surface area contributed by atoms with Gasteiger partial charge in [-0.15, -0.1) is 0 Å². The molecule has 0 atom stereocenters. The summed E-state index contributed by atoms with van der Waals surface area (Å²) in [7, 11) is 0. The molecule has 0 aliphatic carbocycles. The summed E-state index contributed by atoms with van der Waals surface area (Å²) in [5, 5.41) is 0. The van der Waals surface area contributed by atoms with Crippen LogP contribution >= 0.6 is 0 Å². The monoisotopic (exact) mass is 198 g/mol. The van der Waals surface area contributed by atoms with Gasteiger partial charge in [-0.05, 0) is 47.1 Å². The smallest absolute Gasteiger partial charge is 0.312 e. The summed E-state index contributed by atoms with van der Waals surface area (Å²) in [5.74, 6) is -0.136. The zero-order valence-electron chi connectivity index (χ0n) is 10.2. The maximum atomic E-state index is 11.7. The van der Waals surface area contributed by atoms with Crippen molar-refractivity contribution in [3.8, 4) is 0 Å². The van der Waals surface area contributed by atoms with Gasteiger partial charge in [0.15, 0.2) is 0 Å². The lowest BCUT2D eigenvalue weighted by molar-refractivity contribution is -0.163. The van der Waals surface area contributed by atoms with E-state index in [-0.39, 0.29) is 5.97 Å². The van der Waals surface area contributed by atoms with Gasteiger partial charge in [0.1, 0.15) is 5.60 Å². The maximum absolute atomic E-state index is 11.7. The van der Waals surface area contributed by atoms with Gasteiger partial charge in [-0.2, -0.15) is 0 Å². The minimum atomic E-state index is -0.502. The quantitative estimate of drug-likeness (QED) is 0.511. The molecule has 2 nitrogen and oxygen atoms in total. The molecule has 0 spiro atoms. The maximum Gasteiger partial charge on any atom is 0.312 e. The number of carbonyl (C=O) groups is 1. The minimum Gasteiger partial charge on any atom is -0.455 e. The Labute approximate surface area is 87.3 Å². The van der Waals surface area contributed by atoms with Gasteiger partial charge in [0, 0.05) is 0 Å². The Bertz CT molecular complexity index is 224. The second-order valence-corrected chi connectivity index (χ2v) is 4.73. The first kappa shape index (κ1) is 13.2. The first-order valence-corrected chi connectivity index (χ1v) is 5.12. The third kappa shape index (κ3) is 3.95. The van der Waals surface area contributed by atoms with Crippen molar-refractivity contribution < 1.29 is 9.53 Å². The molecule has 0 unspecified atom stereocenters. The van der Waals surface area contributed by atoms with E-state index in [0.717, 1.165) is 6.42 Å². The SMILES string of the molecule is C/C=C/C(C)(C)OC(=O)C(C)(C)CC. The number of ether oxygens (including phenoxy) is 1. The largest absolute Gasteiger partial charge is 0.455 e. The van der Waals surface area contributed by atoms with E-state index < -0.39 is 11.0 Å². The molecule has 0 heterocycles. The van der Waals surface area contributed by atoms with Crippen LogP contribution in [0.3, 0.4) is 0 Å². The third-order valence-electron chi connectivity index (χ3n) is 2.36. The predicted octanol–water partition coefficient (Wildman–Crippen LogP) is 3.32. The summed E-state index contributed by atoms with van der Waals surface area (Å²) >= 11 is 0. The van der Waals surface area contributed by atoms with Gasteiger partial charge < -0.3 is 4.74 Å². The van der Waals surface area contributed by atoms with Gasteiger partial charge >= 0.3 is 5.97 Å². The highest BCUT2D eigenvalue weighted by Gasteiger charge is 2.31. The Morgan fingerprint density at radius 2 is 1.79 bits per heavy atom. The molecule has 0 aromatic carbocycles. The van der Waals surface area contributed by atoms with Crippen LogP contribution in [0.2, 0.25) is 0 Å². The summed E-state index contributed by atoms with van der Waals surface area (Å²) in [6.45, 7) is 11.5. The fourth-order valence-electron chi connectivity index (χ4n) is 0.957. The number of carbonyl (C=O) groups excluding carboxylic acids is 1. The van der Waals surface area contributed by atoms with Gasteiger partial charge in [-0.25, -0.2) is 0 Å². The van der Waals surface area contributed by atoms with Gasteiger partial charge in [-0.1, -0.05) is 13.0 Å². The van der Waals surface area contributed by atoms with Crippen molar-refractivity contribution in [3.05, 3.63) is 12.2 Å². The highest BCUT2D eigenvalue weighted by atomic mass is 16.6. The Balaban J connectivity index is 4.47. The molecule has 0 rings (SSSR count). The summed E-state index contributed by atoms with van der Waals surface area (Å²) < 4.78 is 5.41. The Morgan fingerprint density at radius 1 is 1.29 bits per heavy atom. The molecule has 0 amide bonds. The fourth-order valence-corrected chi connectivity index (χ4v) is 0.957. The van der Waals surface area contributed by atoms with Crippen LogP contribution in [0.4, 0.5) is 0 Å². The predicted molar refractivity (Wildman–Crippen MR) is 59.1 cm³/mol. The van der Waals surface area contributed by atoms with Crippen molar-refractivity contribution in [1.29, 1.82) is 0 Å². The number of hydrogen-bond donors (Lipinski definition) is 0. The second-order valence-electron chi connectivity index (χ2n) is 4.73. The molecule has 0 fully saturated rings. The summed E-state index contributed by atoms with van der Waals surface area (Å²) in [4.78, 5) is 11.7. The first-order chi connectivity index (χ1) is 6.25. The molecule has 0 saturated carbocycles. The lowest BCUT2D eigenvalue weighted by Crippen LogP contribution is -2.34. The zero-order valence-corrected chi connectivity index (χ0v) is 10.2. The van der Waals surface area contributed by atoms with Crippen LogP contribution in [-0.2, 0) is 9.53 Å². The molecule has 0 aliphatic rings. The van der Waals surface area contributed by atoms with Crippen molar-refractivity contribution in [2.45, 2.75) is 53.6 Å². The van der Waals surface area contributed by atoms with Crippen LogP contribution in [-0.4, -0.2) is 11.6 Å². The van der Waals surface area contributed by atoms with E-state index >= 15 is 0 Å². The van der Waals surface area contributed by atoms with Crippen LogP contribution in [0.25, 0.3) is 0 Å².